The average molecular weight is 399 g/mol. The van der Waals surface area contributed by atoms with Gasteiger partial charge in [0.15, 0.2) is 5.79 Å². The van der Waals surface area contributed by atoms with Gasteiger partial charge in [-0.25, -0.2) is 17.6 Å². The zero-order chi connectivity index (χ0) is 19.7. The number of hydrogen-bond donors (Lipinski definition) is 1. The number of carbonyl (C=O) groups excluding carboxylic acids is 1. The van der Waals surface area contributed by atoms with Gasteiger partial charge in [-0.3, -0.25) is 4.72 Å². The van der Waals surface area contributed by atoms with Gasteiger partial charge < -0.3 is 14.2 Å². The van der Waals surface area contributed by atoms with E-state index in [2.05, 4.69) is 4.72 Å². The molecule has 1 aliphatic carbocycles. The number of halogens is 1. The smallest absolute Gasteiger partial charge is 0.335 e. The molecule has 7 nitrogen and oxygen atoms in total. The fourth-order valence-corrected chi connectivity index (χ4v) is 4.79. The predicted molar refractivity (Wildman–Crippen MR) is 96.1 cm³/mol. The highest BCUT2D eigenvalue weighted by Crippen LogP contribution is 2.37. The minimum atomic E-state index is -4.10. The van der Waals surface area contributed by atoms with E-state index >= 15 is 0 Å². The molecule has 1 saturated heterocycles. The second-order valence-corrected chi connectivity index (χ2v) is 8.35. The Morgan fingerprint density at radius 3 is 2.74 bits per heavy atom. The molecule has 0 aromatic heterocycles. The fourth-order valence-electron chi connectivity index (χ4n) is 3.26. The lowest BCUT2D eigenvalue weighted by molar-refractivity contribution is -0.143. The van der Waals surface area contributed by atoms with Crippen LogP contribution in [0, 0.1) is 12.7 Å². The fraction of sp³-hybridized carbons (Fsp3) is 0.500. The van der Waals surface area contributed by atoms with Gasteiger partial charge in [0.2, 0.25) is 10.0 Å². The van der Waals surface area contributed by atoms with Crippen molar-refractivity contribution in [3.8, 4) is 0 Å². The molecule has 1 atom stereocenters. The minimum Gasteiger partial charge on any atom is -0.463 e. The van der Waals surface area contributed by atoms with Crippen LogP contribution in [0.5, 0.6) is 0 Å². The van der Waals surface area contributed by atoms with Crippen molar-refractivity contribution in [1.82, 2.24) is 0 Å². The van der Waals surface area contributed by atoms with E-state index in [9.17, 15) is 17.6 Å². The molecule has 1 aromatic rings. The normalized spacial score (nSPS) is 21.7. The second-order valence-electron chi connectivity index (χ2n) is 6.49. The van der Waals surface area contributed by atoms with Crippen LogP contribution in [0.2, 0.25) is 0 Å². The van der Waals surface area contributed by atoms with Gasteiger partial charge in [-0.05, 0) is 44.0 Å². The number of ether oxygens (including phenoxy) is 3. The Labute approximate surface area is 157 Å². The molecule has 3 rings (SSSR count). The topological polar surface area (TPSA) is 90.9 Å². The van der Waals surface area contributed by atoms with Crippen LogP contribution in [-0.4, -0.2) is 45.2 Å². The lowest BCUT2D eigenvalue weighted by Crippen LogP contribution is -2.42. The van der Waals surface area contributed by atoms with Gasteiger partial charge >= 0.3 is 5.97 Å². The Balaban J connectivity index is 1.94. The number of sulfonamides is 1. The van der Waals surface area contributed by atoms with Crippen molar-refractivity contribution < 1.29 is 31.8 Å². The van der Waals surface area contributed by atoms with Crippen LogP contribution in [0.4, 0.5) is 10.1 Å². The Morgan fingerprint density at radius 1 is 1.37 bits per heavy atom. The first-order valence-electron chi connectivity index (χ1n) is 8.72. The van der Waals surface area contributed by atoms with Crippen molar-refractivity contribution in [2.24, 2.45) is 0 Å². The van der Waals surface area contributed by atoms with Gasteiger partial charge in [0, 0.05) is 6.42 Å². The lowest BCUT2D eigenvalue weighted by atomic mass is 9.94. The standard InChI is InChI=1S/C18H22FNO6S/c1-3-24-17(21)13-11-18(25-8-9-26-18)7-6-16(13)27(22,23)20-15-10-12(2)4-5-14(15)19/h4-5,10-11,16,20H,3,6-9H2,1-2H3. The number of nitrogens with one attached hydrogen (secondary N) is 1. The first kappa shape index (κ1) is 19.8. The number of anilines is 1. The van der Waals surface area contributed by atoms with E-state index < -0.39 is 32.8 Å². The maximum absolute atomic E-state index is 14.0. The molecule has 0 amide bonds. The van der Waals surface area contributed by atoms with Crippen LogP contribution in [0.25, 0.3) is 0 Å². The number of esters is 1. The van der Waals surface area contributed by atoms with E-state index in [4.69, 9.17) is 14.2 Å². The van der Waals surface area contributed by atoms with E-state index in [0.717, 1.165) is 0 Å². The third kappa shape index (κ3) is 4.15. The monoisotopic (exact) mass is 399 g/mol. The van der Waals surface area contributed by atoms with Crippen molar-refractivity contribution >= 4 is 21.7 Å². The van der Waals surface area contributed by atoms with Crippen molar-refractivity contribution in [3.05, 3.63) is 41.2 Å². The van der Waals surface area contributed by atoms with Crippen LogP contribution < -0.4 is 4.72 Å². The summed E-state index contributed by atoms with van der Waals surface area (Å²) in [4.78, 5) is 12.4. The molecular weight excluding hydrogens is 377 g/mol. The summed E-state index contributed by atoms with van der Waals surface area (Å²) in [5.74, 6) is -2.56. The molecule has 0 radical (unpaired) electrons. The Kier molecular flexibility index (Phi) is 5.55. The van der Waals surface area contributed by atoms with E-state index in [1.807, 2.05) is 0 Å². The molecular formula is C18H22FNO6S. The van der Waals surface area contributed by atoms with Crippen molar-refractivity contribution in [3.63, 3.8) is 0 Å². The largest absolute Gasteiger partial charge is 0.463 e. The van der Waals surface area contributed by atoms with E-state index in [0.29, 0.717) is 18.8 Å². The molecule has 148 valence electrons. The molecule has 1 aliphatic heterocycles. The SMILES string of the molecule is CCOC(=O)C1=CC2(CCC1S(=O)(=O)Nc1cc(C)ccc1F)OCCO2. The third-order valence-electron chi connectivity index (χ3n) is 4.51. The van der Waals surface area contributed by atoms with E-state index in [1.165, 1.54) is 24.3 Å². The van der Waals surface area contributed by atoms with Crippen LogP contribution >= 0.6 is 0 Å². The van der Waals surface area contributed by atoms with Crippen LogP contribution in [0.3, 0.4) is 0 Å². The van der Waals surface area contributed by atoms with Crippen molar-refractivity contribution in [1.29, 1.82) is 0 Å². The highest BCUT2D eigenvalue weighted by Gasteiger charge is 2.46. The molecule has 0 bridgehead atoms. The van der Waals surface area contributed by atoms with Gasteiger partial charge in [0.05, 0.1) is 31.1 Å². The van der Waals surface area contributed by atoms with Crippen molar-refractivity contribution in [2.75, 3.05) is 24.5 Å². The second kappa shape index (κ2) is 7.57. The molecule has 1 heterocycles. The zero-order valence-electron chi connectivity index (χ0n) is 15.2. The molecule has 1 unspecified atom stereocenters. The Bertz CT molecular complexity index is 861. The lowest BCUT2D eigenvalue weighted by Gasteiger charge is -2.33. The predicted octanol–water partition coefficient (Wildman–Crippen LogP) is 2.27. The Hall–Kier alpha value is -1.97. The first-order chi connectivity index (χ1) is 12.8. The number of carbonyl (C=O) groups is 1. The number of hydrogen-bond acceptors (Lipinski definition) is 6. The number of benzene rings is 1. The van der Waals surface area contributed by atoms with E-state index in [-0.39, 0.29) is 30.7 Å². The minimum absolute atomic E-state index is 0.0643. The summed E-state index contributed by atoms with van der Waals surface area (Å²) in [5.41, 5.74) is 0.475. The summed E-state index contributed by atoms with van der Waals surface area (Å²) in [5, 5.41) is -1.20. The molecule has 2 aliphatic rings. The highest BCUT2D eigenvalue weighted by atomic mass is 32.2. The zero-order valence-corrected chi connectivity index (χ0v) is 16.0. The van der Waals surface area contributed by atoms with Crippen LogP contribution in [0.15, 0.2) is 29.8 Å². The first-order valence-corrected chi connectivity index (χ1v) is 10.3. The van der Waals surface area contributed by atoms with Crippen LogP contribution in [-0.2, 0) is 29.0 Å². The number of rotatable bonds is 5. The summed E-state index contributed by atoms with van der Waals surface area (Å²) < 4.78 is 58.3. The van der Waals surface area contributed by atoms with Gasteiger partial charge in [-0.15, -0.1) is 0 Å². The highest BCUT2D eigenvalue weighted by molar-refractivity contribution is 7.93. The van der Waals surface area contributed by atoms with Gasteiger partial charge in [0.1, 0.15) is 11.1 Å². The summed E-state index contributed by atoms with van der Waals surface area (Å²) >= 11 is 0. The molecule has 27 heavy (non-hydrogen) atoms. The van der Waals surface area contributed by atoms with Crippen LogP contribution in [0.1, 0.15) is 25.3 Å². The molecule has 1 fully saturated rings. The maximum Gasteiger partial charge on any atom is 0.335 e. The van der Waals surface area contributed by atoms with Gasteiger partial charge in [0.25, 0.3) is 0 Å². The van der Waals surface area contributed by atoms with Gasteiger partial charge in [-0.2, -0.15) is 0 Å². The summed E-state index contributed by atoms with van der Waals surface area (Å²) in [6, 6.07) is 4.12. The molecule has 1 aromatic carbocycles. The van der Waals surface area contributed by atoms with E-state index in [1.54, 1.807) is 13.8 Å². The summed E-state index contributed by atoms with van der Waals surface area (Å²) in [7, 11) is -4.10. The maximum atomic E-state index is 14.0. The van der Waals surface area contributed by atoms with Gasteiger partial charge in [-0.1, -0.05) is 6.07 Å². The molecule has 0 saturated carbocycles. The molecule has 1 spiro atoms. The quantitative estimate of drug-likeness (QED) is 0.764. The molecule has 1 N–H and O–H groups in total. The Morgan fingerprint density at radius 2 is 2.07 bits per heavy atom. The third-order valence-corrected chi connectivity index (χ3v) is 6.26. The molecule has 9 heteroatoms. The summed E-state index contributed by atoms with van der Waals surface area (Å²) in [6.45, 7) is 4.16. The van der Waals surface area contributed by atoms with Crippen molar-refractivity contribution in [2.45, 2.75) is 37.7 Å². The summed E-state index contributed by atoms with van der Waals surface area (Å²) in [6.07, 6.45) is 1.73. The average Bonchev–Trinajstić information content (AvgIpc) is 3.05. The number of aryl methyl sites for hydroxylation is 1.